The van der Waals surface area contributed by atoms with Gasteiger partial charge in [-0.2, -0.15) is 0 Å². The molecule has 0 aliphatic carbocycles. The molecule has 1 aromatic heterocycles. The molecule has 1 amide bonds. The number of hydrogen-bond acceptors (Lipinski definition) is 6. The van der Waals surface area contributed by atoms with Gasteiger partial charge in [0.25, 0.3) is 0 Å². The summed E-state index contributed by atoms with van der Waals surface area (Å²) in [7, 11) is 0. The largest absolute Gasteiger partial charge is 0.325 e. The Morgan fingerprint density at radius 3 is 2.59 bits per heavy atom. The van der Waals surface area contributed by atoms with Crippen LogP contribution in [-0.2, 0) is 4.79 Å². The number of aromatic nitrogens is 2. The first-order valence-corrected chi connectivity index (χ1v) is 11.8. The van der Waals surface area contributed by atoms with E-state index in [1.54, 1.807) is 11.8 Å². The van der Waals surface area contributed by atoms with Gasteiger partial charge in [-0.1, -0.05) is 89.5 Å². The molecule has 29 heavy (non-hydrogen) atoms. The van der Waals surface area contributed by atoms with Crippen LogP contribution in [0.5, 0.6) is 0 Å². The van der Waals surface area contributed by atoms with Crippen molar-refractivity contribution in [3.8, 4) is 0 Å². The molecular formula is C22H23N3OS3. The first-order valence-electron chi connectivity index (χ1n) is 9.13. The van der Waals surface area contributed by atoms with E-state index in [4.69, 9.17) is 0 Å². The molecule has 1 heterocycles. The van der Waals surface area contributed by atoms with Crippen molar-refractivity contribution in [1.82, 2.24) is 10.2 Å². The molecule has 0 bridgehead atoms. The average molecular weight is 442 g/mol. The van der Waals surface area contributed by atoms with Crippen LogP contribution < -0.4 is 5.32 Å². The number of nitrogens with one attached hydrogen (secondary N) is 1. The third-order valence-electron chi connectivity index (χ3n) is 4.04. The summed E-state index contributed by atoms with van der Waals surface area (Å²) in [6.45, 7) is 9.93. The zero-order valence-electron chi connectivity index (χ0n) is 16.6. The number of hydrogen-bond donors (Lipinski definition) is 1. The van der Waals surface area contributed by atoms with Crippen molar-refractivity contribution in [1.29, 1.82) is 0 Å². The van der Waals surface area contributed by atoms with Gasteiger partial charge in [-0.3, -0.25) is 4.79 Å². The Hall–Kier alpha value is -2.09. The fraction of sp³-hybridized carbons (Fsp3) is 0.227. The minimum absolute atomic E-state index is 0.0683. The average Bonchev–Trinajstić information content (AvgIpc) is 3.15. The highest BCUT2D eigenvalue weighted by Crippen LogP contribution is 2.39. The normalized spacial score (nSPS) is 11.8. The Balaban J connectivity index is 1.81. The fourth-order valence-electron chi connectivity index (χ4n) is 2.56. The molecule has 0 aliphatic rings. The van der Waals surface area contributed by atoms with E-state index in [0.29, 0.717) is 0 Å². The Morgan fingerprint density at radius 1 is 1.14 bits per heavy atom. The van der Waals surface area contributed by atoms with E-state index in [-0.39, 0.29) is 5.91 Å². The number of nitrogens with zero attached hydrogens (tertiary/aromatic N) is 2. The molecule has 1 N–H and O–H groups in total. The van der Waals surface area contributed by atoms with Crippen molar-refractivity contribution in [3.05, 3.63) is 77.4 Å². The van der Waals surface area contributed by atoms with Gasteiger partial charge in [0, 0.05) is 11.4 Å². The molecular weight excluding hydrogens is 418 g/mol. The highest BCUT2D eigenvalue weighted by molar-refractivity contribution is 8.03. The molecule has 0 spiro atoms. The van der Waals surface area contributed by atoms with Crippen LogP contribution in [-0.4, -0.2) is 21.9 Å². The molecule has 0 saturated carbocycles. The number of thioether (sulfide) groups is 2. The molecule has 4 nitrogen and oxygen atoms in total. The highest BCUT2D eigenvalue weighted by Gasteiger charge is 2.24. The number of anilines is 1. The first-order chi connectivity index (χ1) is 13.9. The summed E-state index contributed by atoms with van der Waals surface area (Å²) in [6, 6.07) is 15.8. The minimum atomic E-state index is -0.414. The van der Waals surface area contributed by atoms with Crippen LogP contribution in [0, 0.1) is 13.8 Å². The highest BCUT2D eigenvalue weighted by atomic mass is 32.2. The van der Waals surface area contributed by atoms with Gasteiger partial charge in [0.05, 0.1) is 0 Å². The van der Waals surface area contributed by atoms with Crippen molar-refractivity contribution >= 4 is 46.5 Å². The van der Waals surface area contributed by atoms with Gasteiger partial charge in [0.2, 0.25) is 5.91 Å². The zero-order chi connectivity index (χ0) is 20.8. The van der Waals surface area contributed by atoms with E-state index >= 15 is 0 Å². The van der Waals surface area contributed by atoms with E-state index in [1.807, 2.05) is 69.3 Å². The van der Waals surface area contributed by atoms with E-state index in [0.717, 1.165) is 42.4 Å². The smallest absolute Gasteiger partial charge is 0.242 e. The van der Waals surface area contributed by atoms with Crippen molar-refractivity contribution in [2.24, 2.45) is 0 Å². The summed E-state index contributed by atoms with van der Waals surface area (Å²) in [5, 5.41) is 11.2. The number of benzene rings is 2. The van der Waals surface area contributed by atoms with Crippen LogP contribution in [0.3, 0.4) is 0 Å². The van der Waals surface area contributed by atoms with Gasteiger partial charge in [-0.15, -0.1) is 10.2 Å². The van der Waals surface area contributed by atoms with Crippen LogP contribution >= 0.6 is 34.9 Å². The second-order valence-corrected chi connectivity index (χ2v) is 10.3. The third-order valence-corrected chi connectivity index (χ3v) is 7.67. The Kier molecular flexibility index (Phi) is 7.52. The molecule has 2 aromatic carbocycles. The molecule has 0 aliphatic heterocycles. The lowest BCUT2D eigenvalue weighted by Crippen LogP contribution is -2.19. The Morgan fingerprint density at radius 2 is 1.86 bits per heavy atom. The molecule has 3 rings (SSSR count). The van der Waals surface area contributed by atoms with Crippen LogP contribution in [0.2, 0.25) is 0 Å². The van der Waals surface area contributed by atoms with Crippen LogP contribution in [0.25, 0.3) is 0 Å². The summed E-state index contributed by atoms with van der Waals surface area (Å²) >= 11 is 4.56. The van der Waals surface area contributed by atoms with Crippen LogP contribution in [0.15, 0.2) is 69.4 Å². The molecule has 0 saturated heterocycles. The van der Waals surface area contributed by atoms with Crippen molar-refractivity contribution < 1.29 is 4.79 Å². The molecule has 0 unspecified atom stereocenters. The van der Waals surface area contributed by atoms with E-state index in [1.165, 1.54) is 23.1 Å². The molecule has 3 aromatic rings. The predicted molar refractivity (Wildman–Crippen MR) is 125 cm³/mol. The van der Waals surface area contributed by atoms with Gasteiger partial charge in [-0.25, -0.2) is 0 Å². The number of carbonyl (C=O) groups excluding carboxylic acids is 1. The Labute approximate surface area is 184 Å². The number of rotatable bonds is 8. The SMILES string of the molecule is C=C(C)CSc1nnc(S[C@@H](C(=O)Nc2cc(C)ccc2C)c2ccccc2)s1. The predicted octanol–water partition coefficient (Wildman–Crippen LogP) is 6.30. The van der Waals surface area contributed by atoms with E-state index < -0.39 is 5.25 Å². The second kappa shape index (κ2) is 10.1. The van der Waals surface area contributed by atoms with Gasteiger partial charge >= 0.3 is 0 Å². The van der Waals surface area contributed by atoms with Crippen LogP contribution in [0.4, 0.5) is 5.69 Å². The van der Waals surface area contributed by atoms with E-state index in [2.05, 4.69) is 22.1 Å². The molecule has 0 radical (unpaired) electrons. The molecule has 0 fully saturated rings. The second-order valence-electron chi connectivity index (χ2n) is 6.80. The molecule has 150 valence electrons. The van der Waals surface area contributed by atoms with Crippen LogP contribution in [0.1, 0.15) is 28.9 Å². The molecule has 1 atom stereocenters. The maximum Gasteiger partial charge on any atom is 0.242 e. The van der Waals surface area contributed by atoms with Crippen molar-refractivity contribution in [2.75, 3.05) is 11.1 Å². The van der Waals surface area contributed by atoms with E-state index in [9.17, 15) is 4.79 Å². The lowest BCUT2D eigenvalue weighted by atomic mass is 10.1. The quantitative estimate of drug-likeness (QED) is 0.329. The van der Waals surface area contributed by atoms with Gasteiger partial charge < -0.3 is 5.32 Å². The zero-order valence-corrected chi connectivity index (χ0v) is 19.1. The summed E-state index contributed by atoms with van der Waals surface area (Å²) < 4.78 is 1.66. The summed E-state index contributed by atoms with van der Waals surface area (Å²) in [6.07, 6.45) is 0. The maximum atomic E-state index is 13.2. The first kappa shape index (κ1) is 21.6. The summed E-state index contributed by atoms with van der Waals surface area (Å²) in [4.78, 5) is 13.2. The fourth-order valence-corrected chi connectivity index (χ4v) is 5.61. The number of aryl methyl sites for hydroxylation is 2. The Bertz CT molecular complexity index is 1000. The lowest BCUT2D eigenvalue weighted by Gasteiger charge is -2.17. The van der Waals surface area contributed by atoms with Crippen molar-refractivity contribution in [2.45, 2.75) is 34.7 Å². The number of carbonyl (C=O) groups is 1. The monoisotopic (exact) mass is 441 g/mol. The number of amides is 1. The summed E-state index contributed by atoms with van der Waals surface area (Å²) in [5.41, 5.74) is 5.01. The third kappa shape index (κ3) is 6.19. The van der Waals surface area contributed by atoms with Crippen molar-refractivity contribution in [3.63, 3.8) is 0 Å². The van der Waals surface area contributed by atoms with Gasteiger partial charge in [-0.05, 0) is 43.5 Å². The molecule has 7 heteroatoms. The topological polar surface area (TPSA) is 54.9 Å². The standard InChI is InChI=1S/C22H23N3OS3/c1-14(2)13-27-21-24-25-22(29-21)28-19(17-8-6-5-7-9-17)20(26)23-18-12-15(3)10-11-16(18)4/h5-12,19H,1,13H2,2-4H3,(H,23,26)/t19-/m1/s1. The minimum Gasteiger partial charge on any atom is -0.325 e. The summed E-state index contributed by atoms with van der Waals surface area (Å²) in [5.74, 6) is 0.746. The lowest BCUT2D eigenvalue weighted by molar-refractivity contribution is -0.115. The maximum absolute atomic E-state index is 13.2. The van der Waals surface area contributed by atoms with Gasteiger partial charge in [0.15, 0.2) is 8.68 Å². The van der Waals surface area contributed by atoms with Gasteiger partial charge in [0.1, 0.15) is 5.25 Å².